The minimum atomic E-state index is -6.51. The van der Waals surface area contributed by atoms with E-state index in [2.05, 4.69) is 0 Å². The number of aryl methyl sites for hydroxylation is 1. The van der Waals surface area contributed by atoms with Crippen LogP contribution in [0.2, 0.25) is 0 Å². The van der Waals surface area contributed by atoms with Crippen LogP contribution >= 0.6 is 0 Å². The van der Waals surface area contributed by atoms with E-state index < -0.39 is 115 Å². The molecule has 6 nitrogen and oxygen atoms in total. The van der Waals surface area contributed by atoms with Gasteiger partial charge >= 0.3 is 24.2 Å². The first-order valence-electron chi connectivity index (χ1n) is 12.5. The predicted octanol–water partition coefficient (Wildman–Crippen LogP) is 4.97. The van der Waals surface area contributed by atoms with Crippen molar-refractivity contribution in [1.82, 2.24) is 5.32 Å². The minimum Gasteiger partial charge on any atom is -0.376 e. The van der Waals surface area contributed by atoms with Crippen molar-refractivity contribution < 1.29 is 71.4 Å². The van der Waals surface area contributed by atoms with E-state index in [0.29, 0.717) is 18.2 Å². The van der Waals surface area contributed by atoms with Gasteiger partial charge in [-0.25, -0.2) is 17.2 Å². The Bertz CT molecular complexity index is 1540. The van der Waals surface area contributed by atoms with Crippen molar-refractivity contribution in [2.45, 2.75) is 65.2 Å². The van der Waals surface area contributed by atoms with Gasteiger partial charge in [-0.2, -0.15) is 39.5 Å². The van der Waals surface area contributed by atoms with Crippen LogP contribution in [0.1, 0.15) is 29.5 Å². The number of amides is 1. The maximum Gasteiger partial charge on any atom is 0.435 e. The van der Waals surface area contributed by atoms with Crippen molar-refractivity contribution in [3.8, 4) is 0 Å². The summed E-state index contributed by atoms with van der Waals surface area (Å²) in [5.41, 5.74) is -8.94. The van der Waals surface area contributed by atoms with E-state index in [0.717, 1.165) is 12.1 Å². The average molecular weight is 667 g/mol. The highest BCUT2D eigenvalue weighted by atomic mass is 32.2. The van der Waals surface area contributed by atoms with E-state index in [9.17, 15) is 71.4 Å². The number of carbonyl (C=O) groups is 2. The molecule has 0 saturated heterocycles. The Kier molecular flexibility index (Phi) is 8.15. The van der Waals surface area contributed by atoms with Gasteiger partial charge in [0.1, 0.15) is 16.9 Å². The Labute approximate surface area is 241 Å². The number of benzene rings is 2. The summed E-state index contributed by atoms with van der Waals surface area (Å²) in [6, 6.07) is 1.97. The molecule has 2 N–H and O–H groups in total. The summed E-state index contributed by atoms with van der Waals surface area (Å²) in [7, 11) is -5.05. The van der Waals surface area contributed by atoms with Gasteiger partial charge in [0.05, 0.1) is 4.90 Å². The molecular weight excluding hydrogens is 647 g/mol. The summed E-state index contributed by atoms with van der Waals surface area (Å²) in [5, 5.41) is 11.2. The number of aldehydes is 1. The molecule has 1 fully saturated rings. The molecular formula is C26H20F11NO5S. The van der Waals surface area contributed by atoms with Crippen molar-refractivity contribution >= 4 is 22.0 Å². The molecule has 0 spiro atoms. The van der Waals surface area contributed by atoms with Gasteiger partial charge in [0.2, 0.25) is 6.10 Å². The van der Waals surface area contributed by atoms with Gasteiger partial charge in [-0.1, -0.05) is 18.2 Å². The molecule has 0 heterocycles. The lowest BCUT2D eigenvalue weighted by molar-refractivity contribution is -0.348. The average Bonchev–Trinajstić information content (AvgIpc) is 3.25. The summed E-state index contributed by atoms with van der Waals surface area (Å²) < 4.78 is 174. The smallest absolute Gasteiger partial charge is 0.376 e. The Morgan fingerprint density at radius 1 is 0.955 bits per heavy atom. The molecule has 0 aromatic heterocycles. The number of fused-ring (bicyclic) bond motifs is 3. The normalized spacial score (nSPS) is 25.1. The zero-order chi connectivity index (χ0) is 33.3. The van der Waals surface area contributed by atoms with E-state index in [4.69, 9.17) is 0 Å². The zero-order valence-corrected chi connectivity index (χ0v) is 22.5. The van der Waals surface area contributed by atoms with Crippen LogP contribution in [-0.4, -0.2) is 56.4 Å². The highest BCUT2D eigenvalue weighted by molar-refractivity contribution is 7.92. The first kappa shape index (κ1) is 33.6. The van der Waals surface area contributed by atoms with E-state index in [-0.39, 0.29) is 18.4 Å². The first-order chi connectivity index (χ1) is 20.0. The zero-order valence-electron chi connectivity index (χ0n) is 21.7. The highest BCUT2D eigenvalue weighted by Gasteiger charge is 2.74. The SMILES string of the molecule is O=CC1C[C@@H](NC(=O)[C@H](O)C(F)(F)F)[C@@H]2CCc3cc(C(F)(C(F)(F)F)C(F)(F)F)ccc3[C@@]12S(=O)(=O)c1ccc(F)cc1. The molecule has 0 radical (unpaired) electrons. The predicted molar refractivity (Wildman–Crippen MR) is 127 cm³/mol. The second kappa shape index (κ2) is 10.7. The fourth-order valence-corrected chi connectivity index (χ4v) is 8.88. The number of hydrogen-bond donors (Lipinski definition) is 2. The number of alkyl halides is 10. The largest absolute Gasteiger partial charge is 0.435 e. The monoisotopic (exact) mass is 667 g/mol. The first-order valence-corrected chi connectivity index (χ1v) is 14.0. The van der Waals surface area contributed by atoms with Gasteiger partial charge in [0, 0.05) is 23.4 Å². The van der Waals surface area contributed by atoms with Crippen LogP contribution in [-0.2, 0) is 36.3 Å². The number of aliphatic hydroxyl groups is 1. The molecule has 4 rings (SSSR count). The standard InChI is InChI=1S/C26H20F11NO5S/c27-15-3-5-16(6-4-15)44(42,43)22-14(11-39)10-19(38-21(41)20(40)24(29,30)31)18(22)7-1-12-9-13(2-8-17(12)22)23(28,25(32,33)34)26(35,36)37/h2-6,8-9,11,14,18-20,40H,1,7,10H2,(H,38,41)/t14?,18-,19+,20-,22-/m0/s1. The lowest BCUT2D eigenvalue weighted by atomic mass is 9.71. The molecule has 2 aromatic rings. The van der Waals surface area contributed by atoms with E-state index >= 15 is 0 Å². The van der Waals surface area contributed by atoms with E-state index in [1.165, 1.54) is 0 Å². The van der Waals surface area contributed by atoms with Gasteiger partial charge in [0.15, 0.2) is 9.84 Å². The fraction of sp³-hybridized carbons (Fsp3) is 0.462. The van der Waals surface area contributed by atoms with Crippen molar-refractivity contribution in [3.05, 3.63) is 65.0 Å². The van der Waals surface area contributed by atoms with Gasteiger partial charge < -0.3 is 15.2 Å². The Morgan fingerprint density at radius 2 is 1.52 bits per heavy atom. The third kappa shape index (κ3) is 4.93. The summed E-state index contributed by atoms with van der Waals surface area (Å²) >= 11 is 0. The fourth-order valence-electron chi connectivity index (χ4n) is 6.28. The molecule has 1 saturated carbocycles. The summed E-state index contributed by atoms with van der Waals surface area (Å²) in [6.07, 6.45) is -23.8. The van der Waals surface area contributed by atoms with Crippen LogP contribution in [0.25, 0.3) is 0 Å². The number of nitrogens with one attached hydrogen (secondary N) is 1. The number of aliphatic hydroxyl groups excluding tert-OH is 1. The summed E-state index contributed by atoms with van der Waals surface area (Å²) in [4.78, 5) is 24.0. The van der Waals surface area contributed by atoms with Gasteiger partial charge in [0.25, 0.3) is 5.91 Å². The van der Waals surface area contributed by atoms with Crippen LogP contribution < -0.4 is 5.32 Å². The molecule has 0 aliphatic heterocycles. The van der Waals surface area contributed by atoms with Crippen LogP contribution in [0.5, 0.6) is 0 Å². The van der Waals surface area contributed by atoms with Crippen LogP contribution in [0.15, 0.2) is 47.4 Å². The molecule has 1 unspecified atom stereocenters. The number of sulfone groups is 1. The van der Waals surface area contributed by atoms with Crippen molar-refractivity contribution in [2.75, 3.05) is 0 Å². The van der Waals surface area contributed by atoms with Crippen molar-refractivity contribution in [1.29, 1.82) is 0 Å². The molecule has 2 aromatic carbocycles. The Morgan fingerprint density at radius 3 is 2.02 bits per heavy atom. The minimum absolute atomic E-state index is 0.0469. The number of carbonyl (C=O) groups excluding carboxylic acids is 2. The molecule has 2 aliphatic rings. The topological polar surface area (TPSA) is 101 Å². The molecule has 5 atom stereocenters. The molecule has 2 aliphatic carbocycles. The van der Waals surface area contributed by atoms with Gasteiger partial charge in [-0.05, 0) is 54.7 Å². The van der Waals surface area contributed by atoms with E-state index in [1.54, 1.807) is 0 Å². The second-order valence-electron chi connectivity index (χ2n) is 10.5. The van der Waals surface area contributed by atoms with E-state index in [1.807, 2.05) is 5.32 Å². The summed E-state index contributed by atoms with van der Waals surface area (Å²) in [6.45, 7) is 0. The lowest BCUT2D eigenvalue weighted by Gasteiger charge is -2.44. The molecule has 242 valence electrons. The van der Waals surface area contributed by atoms with Crippen molar-refractivity contribution in [3.63, 3.8) is 0 Å². The van der Waals surface area contributed by atoms with Crippen molar-refractivity contribution in [2.24, 2.45) is 11.8 Å². The number of hydrogen-bond acceptors (Lipinski definition) is 5. The molecule has 18 heteroatoms. The highest BCUT2D eigenvalue weighted by Crippen LogP contribution is 2.60. The van der Waals surface area contributed by atoms with Crippen LogP contribution in [0.4, 0.5) is 48.3 Å². The molecule has 0 bridgehead atoms. The third-order valence-electron chi connectivity index (χ3n) is 8.14. The quantitative estimate of drug-likeness (QED) is 0.258. The maximum absolute atomic E-state index is 14.9. The Hall–Kier alpha value is -3.28. The number of halogens is 11. The van der Waals surface area contributed by atoms with Crippen LogP contribution in [0, 0.1) is 17.7 Å². The lowest BCUT2D eigenvalue weighted by Crippen LogP contribution is -2.54. The number of rotatable bonds is 6. The second-order valence-corrected chi connectivity index (χ2v) is 12.6. The molecule has 44 heavy (non-hydrogen) atoms. The summed E-state index contributed by atoms with van der Waals surface area (Å²) in [5.74, 6) is -6.27. The maximum atomic E-state index is 14.9. The third-order valence-corrected chi connectivity index (χ3v) is 10.8. The molecule has 1 amide bonds. The Balaban J connectivity index is 1.98. The van der Waals surface area contributed by atoms with Crippen LogP contribution in [0.3, 0.4) is 0 Å². The van der Waals surface area contributed by atoms with Gasteiger partial charge in [-0.15, -0.1) is 0 Å². The van der Waals surface area contributed by atoms with Gasteiger partial charge in [-0.3, -0.25) is 4.79 Å².